The second kappa shape index (κ2) is 7.59. The number of amides is 1. The van der Waals surface area contributed by atoms with Crippen LogP contribution in [0, 0.1) is 12.8 Å². The van der Waals surface area contributed by atoms with Crippen LogP contribution in [0.1, 0.15) is 61.2 Å². The summed E-state index contributed by atoms with van der Waals surface area (Å²) in [5, 5.41) is 7.15. The summed E-state index contributed by atoms with van der Waals surface area (Å²) in [5.74, 6) is 0.878. The lowest BCUT2D eigenvalue weighted by Gasteiger charge is -2.22. The van der Waals surface area contributed by atoms with Crippen molar-refractivity contribution in [2.75, 3.05) is 0 Å². The molecule has 0 aromatic carbocycles. The lowest BCUT2D eigenvalue weighted by molar-refractivity contribution is 0.0947. The van der Waals surface area contributed by atoms with Gasteiger partial charge in [0.2, 0.25) is 0 Å². The lowest BCUT2D eigenvalue weighted by Crippen LogP contribution is -2.29. The molecular formula is C16H23N3O3S. The summed E-state index contributed by atoms with van der Waals surface area (Å²) in [6, 6.07) is 0.0847. The van der Waals surface area contributed by atoms with Crippen LogP contribution in [0.15, 0.2) is 16.9 Å². The number of aryl methyl sites for hydroxylation is 1. The minimum Gasteiger partial charge on any atom is -0.461 e. The van der Waals surface area contributed by atoms with Gasteiger partial charge >= 0.3 is 0 Å². The maximum atomic E-state index is 12.0. The molecule has 0 aliphatic carbocycles. The topological polar surface area (TPSA) is 77.2 Å². The number of aromatic nitrogens is 2. The van der Waals surface area contributed by atoms with Gasteiger partial charge in [-0.05, 0) is 33.1 Å². The fourth-order valence-corrected chi connectivity index (χ4v) is 2.84. The lowest BCUT2D eigenvalue weighted by atomic mass is 9.96. The Morgan fingerprint density at radius 2 is 2.13 bits per heavy atom. The van der Waals surface area contributed by atoms with Crippen molar-refractivity contribution >= 4 is 17.2 Å². The van der Waals surface area contributed by atoms with Gasteiger partial charge in [-0.25, -0.2) is 4.98 Å². The molecule has 1 N–H and O–H groups in total. The van der Waals surface area contributed by atoms with Crippen molar-refractivity contribution in [1.82, 2.24) is 15.5 Å². The van der Waals surface area contributed by atoms with E-state index < -0.39 is 0 Å². The van der Waals surface area contributed by atoms with Crippen LogP contribution in [-0.4, -0.2) is 22.1 Å². The first-order valence-corrected chi connectivity index (χ1v) is 8.58. The van der Waals surface area contributed by atoms with E-state index in [1.165, 1.54) is 11.3 Å². The molecule has 0 fully saturated rings. The van der Waals surface area contributed by atoms with Crippen LogP contribution >= 0.6 is 11.3 Å². The molecule has 2 heterocycles. The number of thiazole rings is 1. The highest BCUT2D eigenvalue weighted by molar-refractivity contribution is 7.15. The van der Waals surface area contributed by atoms with E-state index >= 15 is 0 Å². The summed E-state index contributed by atoms with van der Waals surface area (Å²) < 4.78 is 11.2. The van der Waals surface area contributed by atoms with Crippen LogP contribution in [0.2, 0.25) is 0 Å². The molecule has 23 heavy (non-hydrogen) atoms. The molecule has 126 valence electrons. The van der Waals surface area contributed by atoms with Crippen molar-refractivity contribution in [3.8, 4) is 5.19 Å². The van der Waals surface area contributed by atoms with Crippen molar-refractivity contribution < 1.29 is 14.1 Å². The monoisotopic (exact) mass is 337 g/mol. The largest absolute Gasteiger partial charge is 0.461 e. The fraction of sp³-hybridized carbons (Fsp3) is 0.562. The van der Waals surface area contributed by atoms with Gasteiger partial charge in [-0.15, -0.1) is 0 Å². The maximum Gasteiger partial charge on any atom is 0.274 e. The van der Waals surface area contributed by atoms with Crippen molar-refractivity contribution in [3.05, 3.63) is 28.6 Å². The van der Waals surface area contributed by atoms with Crippen LogP contribution in [0.4, 0.5) is 0 Å². The first-order valence-electron chi connectivity index (χ1n) is 7.76. The Kier molecular flexibility index (Phi) is 5.76. The van der Waals surface area contributed by atoms with E-state index in [1.54, 1.807) is 12.4 Å². The average molecular weight is 337 g/mol. The zero-order valence-corrected chi connectivity index (χ0v) is 14.9. The number of hydrogen-bond donors (Lipinski definition) is 1. The van der Waals surface area contributed by atoms with Crippen LogP contribution in [0.25, 0.3) is 0 Å². The Balaban J connectivity index is 2.16. The second-order valence-electron chi connectivity index (χ2n) is 5.88. The van der Waals surface area contributed by atoms with Gasteiger partial charge in [-0.3, -0.25) is 4.79 Å². The van der Waals surface area contributed by atoms with Crippen LogP contribution in [-0.2, 0) is 0 Å². The van der Waals surface area contributed by atoms with Gasteiger partial charge in [0, 0.05) is 6.04 Å². The highest BCUT2D eigenvalue weighted by Gasteiger charge is 2.26. The number of hydrogen-bond acceptors (Lipinski definition) is 6. The van der Waals surface area contributed by atoms with Crippen molar-refractivity contribution in [2.45, 2.75) is 53.2 Å². The van der Waals surface area contributed by atoms with E-state index in [0.717, 1.165) is 17.7 Å². The molecule has 2 unspecified atom stereocenters. The van der Waals surface area contributed by atoms with Crippen molar-refractivity contribution in [3.63, 3.8) is 0 Å². The Bertz CT molecular complexity index is 651. The zero-order chi connectivity index (χ0) is 17.0. The molecule has 0 bridgehead atoms. The molecule has 6 nitrogen and oxygen atoms in total. The van der Waals surface area contributed by atoms with Gasteiger partial charge in [0.15, 0.2) is 0 Å². The van der Waals surface area contributed by atoms with E-state index in [4.69, 9.17) is 9.26 Å². The number of ether oxygens (including phenoxy) is 1. The quantitative estimate of drug-likeness (QED) is 0.832. The van der Waals surface area contributed by atoms with E-state index in [2.05, 4.69) is 29.3 Å². The number of carbonyl (C=O) groups excluding carboxylic acids is 1. The third kappa shape index (κ3) is 4.31. The van der Waals surface area contributed by atoms with Crippen LogP contribution < -0.4 is 10.1 Å². The first kappa shape index (κ1) is 17.5. The van der Waals surface area contributed by atoms with Crippen LogP contribution in [0.3, 0.4) is 0 Å². The second-order valence-corrected chi connectivity index (χ2v) is 6.87. The minimum atomic E-state index is -0.196. The third-order valence-electron chi connectivity index (χ3n) is 3.61. The summed E-state index contributed by atoms with van der Waals surface area (Å²) in [4.78, 5) is 16.8. The normalized spacial score (nSPS) is 13.8. The van der Waals surface area contributed by atoms with E-state index in [1.807, 2.05) is 20.8 Å². The third-order valence-corrected chi connectivity index (χ3v) is 4.50. The fourth-order valence-electron chi connectivity index (χ4n) is 2.14. The first-order chi connectivity index (χ1) is 10.9. The molecule has 0 spiro atoms. The highest BCUT2D eigenvalue weighted by Crippen LogP contribution is 2.33. The van der Waals surface area contributed by atoms with Gasteiger partial charge < -0.3 is 14.6 Å². The van der Waals surface area contributed by atoms with Crippen molar-refractivity contribution in [2.24, 2.45) is 5.92 Å². The summed E-state index contributed by atoms with van der Waals surface area (Å²) in [7, 11) is 0. The molecule has 7 heteroatoms. The average Bonchev–Trinajstić information content (AvgIpc) is 3.12. The molecule has 0 saturated heterocycles. The predicted octanol–water partition coefficient (Wildman–Crippen LogP) is 3.74. The number of nitrogens with one attached hydrogen (secondary N) is 1. The van der Waals surface area contributed by atoms with E-state index in [0.29, 0.717) is 10.1 Å². The minimum absolute atomic E-state index is 0.0847. The van der Waals surface area contributed by atoms with E-state index in [-0.39, 0.29) is 24.0 Å². The van der Waals surface area contributed by atoms with Gasteiger partial charge in [0.25, 0.3) is 11.1 Å². The summed E-state index contributed by atoms with van der Waals surface area (Å²) >= 11 is 1.25. The molecule has 2 aromatic rings. The number of nitrogens with zero attached hydrogens (tertiary/aromatic N) is 2. The Labute approximate surface area is 140 Å². The van der Waals surface area contributed by atoms with Gasteiger partial charge in [-0.2, -0.15) is 0 Å². The maximum absolute atomic E-state index is 12.0. The Morgan fingerprint density at radius 1 is 1.39 bits per heavy atom. The molecule has 2 rings (SSSR count). The molecule has 0 saturated carbocycles. The van der Waals surface area contributed by atoms with Crippen LogP contribution in [0.5, 0.6) is 5.19 Å². The summed E-state index contributed by atoms with van der Waals surface area (Å²) in [6.07, 6.45) is 3.98. The SMILES string of the molecule is CCC(C)C(Oc1ncc(C(=O)NC(C)C)s1)c1cnoc1C. The van der Waals surface area contributed by atoms with Gasteiger partial charge in [0.1, 0.15) is 16.7 Å². The Hall–Kier alpha value is -1.89. The molecule has 0 aliphatic rings. The number of carbonyl (C=O) groups is 1. The zero-order valence-electron chi connectivity index (χ0n) is 14.1. The van der Waals surface area contributed by atoms with Gasteiger partial charge in [-0.1, -0.05) is 30.3 Å². The summed E-state index contributed by atoms with van der Waals surface area (Å²) in [6.45, 7) is 9.92. The highest BCUT2D eigenvalue weighted by atomic mass is 32.1. The molecule has 1 amide bonds. The Morgan fingerprint density at radius 3 is 2.70 bits per heavy atom. The predicted molar refractivity (Wildman–Crippen MR) is 88.8 cm³/mol. The summed E-state index contributed by atoms with van der Waals surface area (Å²) in [5.41, 5.74) is 0.919. The number of rotatable bonds is 7. The standard InChI is InChI=1S/C16H23N3O3S/c1-6-10(4)14(12-7-18-22-11(12)5)21-16-17-8-13(23-16)15(20)19-9(2)3/h7-10,14H,6H2,1-5H3,(H,19,20). The molecule has 2 aromatic heterocycles. The van der Waals surface area contributed by atoms with Gasteiger partial charge in [0.05, 0.1) is 18.0 Å². The molecule has 0 aliphatic heterocycles. The van der Waals surface area contributed by atoms with Crippen molar-refractivity contribution in [1.29, 1.82) is 0 Å². The van der Waals surface area contributed by atoms with E-state index in [9.17, 15) is 4.79 Å². The smallest absolute Gasteiger partial charge is 0.274 e. The molecule has 0 radical (unpaired) electrons. The molecule has 2 atom stereocenters. The molecular weight excluding hydrogens is 314 g/mol.